The van der Waals surface area contributed by atoms with Gasteiger partial charge in [-0.1, -0.05) is 45.7 Å². The Bertz CT molecular complexity index is 813. The Hall–Kier alpha value is -1.36. The molecule has 0 aliphatic rings. The molecular weight excluding hydrogens is 358 g/mol. The number of rotatable bonds is 2. The lowest BCUT2D eigenvalue weighted by atomic mass is 10.2. The van der Waals surface area contributed by atoms with Gasteiger partial charge in [0.15, 0.2) is 0 Å². The third kappa shape index (κ3) is 2.59. The molecule has 20 heavy (non-hydrogen) atoms. The van der Waals surface area contributed by atoms with Gasteiger partial charge in [0.25, 0.3) is 0 Å². The van der Waals surface area contributed by atoms with Gasteiger partial charge in [0, 0.05) is 20.8 Å². The highest BCUT2D eigenvalue weighted by Gasteiger charge is 2.08. The molecule has 1 aromatic heterocycles. The maximum absolute atomic E-state index is 9.76. The molecule has 0 aliphatic carbocycles. The van der Waals surface area contributed by atoms with E-state index in [9.17, 15) is 5.11 Å². The molecule has 0 spiro atoms. The van der Waals surface area contributed by atoms with E-state index >= 15 is 0 Å². The highest BCUT2D eigenvalue weighted by atomic mass is 79.9. The Morgan fingerprint density at radius 2 is 2.00 bits per heavy atom. The molecule has 1 heterocycles. The third-order valence-electron chi connectivity index (χ3n) is 2.82. The number of aromatic hydroxyl groups is 1. The minimum absolute atomic E-state index is 0.140. The van der Waals surface area contributed by atoms with Crippen LogP contribution >= 0.6 is 38.9 Å². The molecule has 1 N–H and O–H groups in total. The maximum Gasteiger partial charge on any atom is 0.141 e. The fourth-order valence-electron chi connectivity index (χ4n) is 1.84. The zero-order valence-corrected chi connectivity index (χ0v) is 13.3. The van der Waals surface area contributed by atoms with Crippen LogP contribution in [-0.2, 0) is 0 Å². The summed E-state index contributed by atoms with van der Waals surface area (Å²) in [5.41, 5.74) is 0.507. The second kappa shape index (κ2) is 5.56. The van der Waals surface area contributed by atoms with E-state index in [1.165, 1.54) is 0 Å². The molecule has 0 bridgehead atoms. The summed E-state index contributed by atoms with van der Waals surface area (Å²) in [6, 6.07) is 13.1. The van der Waals surface area contributed by atoms with E-state index in [1.807, 2.05) is 24.3 Å². The molecule has 0 radical (unpaired) electrons. The fraction of sp³-hybridized carbons (Fsp3) is 0. The van der Waals surface area contributed by atoms with Gasteiger partial charge < -0.3 is 5.11 Å². The van der Waals surface area contributed by atoms with Gasteiger partial charge in [-0.05, 0) is 24.3 Å². The van der Waals surface area contributed by atoms with Crippen LogP contribution in [-0.4, -0.2) is 11.3 Å². The van der Waals surface area contributed by atoms with Gasteiger partial charge in [0.2, 0.25) is 0 Å². The molecule has 2 nitrogen and oxygen atoms in total. The number of thiophene rings is 1. The van der Waals surface area contributed by atoms with Crippen LogP contribution in [0, 0.1) is 0 Å². The first kappa shape index (κ1) is 13.6. The van der Waals surface area contributed by atoms with Crippen LogP contribution in [0.5, 0.6) is 5.75 Å². The minimum Gasteiger partial charge on any atom is -0.506 e. The summed E-state index contributed by atoms with van der Waals surface area (Å²) in [6.07, 6.45) is 1.69. The minimum atomic E-state index is 0.140. The van der Waals surface area contributed by atoms with E-state index in [1.54, 1.807) is 35.8 Å². The second-order valence-corrected chi connectivity index (χ2v) is 6.55. The van der Waals surface area contributed by atoms with E-state index in [2.05, 4.69) is 20.9 Å². The number of fused-ring (bicyclic) bond motifs is 1. The van der Waals surface area contributed by atoms with E-state index in [-0.39, 0.29) is 5.75 Å². The smallest absolute Gasteiger partial charge is 0.141 e. The van der Waals surface area contributed by atoms with Crippen molar-refractivity contribution in [3.63, 3.8) is 0 Å². The van der Waals surface area contributed by atoms with E-state index < -0.39 is 0 Å². The molecule has 3 rings (SSSR count). The van der Waals surface area contributed by atoms with Crippen molar-refractivity contribution in [3.05, 3.63) is 56.8 Å². The summed E-state index contributed by atoms with van der Waals surface area (Å²) in [7, 11) is 0. The van der Waals surface area contributed by atoms with Gasteiger partial charge in [0.1, 0.15) is 11.4 Å². The predicted molar refractivity (Wildman–Crippen MR) is 89.9 cm³/mol. The lowest BCUT2D eigenvalue weighted by Crippen LogP contribution is -1.76. The van der Waals surface area contributed by atoms with Crippen molar-refractivity contribution in [1.82, 2.24) is 0 Å². The van der Waals surface area contributed by atoms with E-state index in [0.717, 1.165) is 19.4 Å². The summed E-state index contributed by atoms with van der Waals surface area (Å²) in [5, 5.41) is 11.5. The fourth-order valence-corrected chi connectivity index (χ4v) is 3.55. The maximum atomic E-state index is 9.76. The first-order valence-electron chi connectivity index (χ1n) is 5.85. The SMILES string of the molecule is Oc1ccc(Br)cc1N=Cc1sc2ccccc2c1Cl. The Morgan fingerprint density at radius 1 is 1.20 bits per heavy atom. The van der Waals surface area contributed by atoms with E-state index in [0.29, 0.717) is 10.7 Å². The van der Waals surface area contributed by atoms with E-state index in [4.69, 9.17) is 11.6 Å². The molecule has 0 saturated carbocycles. The van der Waals surface area contributed by atoms with Crippen LogP contribution in [0.25, 0.3) is 10.1 Å². The number of aliphatic imine (C=N–C) groups is 1. The molecular formula is C15H9BrClNOS. The van der Waals surface area contributed by atoms with Gasteiger partial charge in [-0.3, -0.25) is 4.99 Å². The molecule has 5 heteroatoms. The molecule has 0 saturated heterocycles. The zero-order valence-electron chi connectivity index (χ0n) is 10.2. The number of phenolic OH excluding ortho intramolecular Hbond substituents is 1. The highest BCUT2D eigenvalue weighted by molar-refractivity contribution is 9.10. The van der Waals surface area contributed by atoms with Crippen molar-refractivity contribution in [2.24, 2.45) is 4.99 Å². The predicted octanol–water partition coefficient (Wildman–Crippen LogP) is 5.77. The third-order valence-corrected chi connectivity index (χ3v) is 4.94. The standard InChI is InChI=1S/C15H9BrClNOS/c16-9-5-6-12(19)11(7-9)18-8-14-15(17)10-3-1-2-4-13(10)20-14/h1-8,19H. The molecule has 100 valence electrons. The summed E-state index contributed by atoms with van der Waals surface area (Å²) < 4.78 is 1.99. The number of hydrogen-bond acceptors (Lipinski definition) is 3. The first-order valence-corrected chi connectivity index (χ1v) is 7.83. The largest absolute Gasteiger partial charge is 0.506 e. The van der Waals surface area contributed by atoms with Crippen LogP contribution in [0.15, 0.2) is 51.9 Å². The van der Waals surface area contributed by atoms with Crippen LogP contribution in [0.4, 0.5) is 5.69 Å². The van der Waals surface area contributed by atoms with Crippen molar-refractivity contribution in [2.75, 3.05) is 0 Å². The summed E-state index contributed by atoms with van der Waals surface area (Å²) in [6.45, 7) is 0. The van der Waals surface area contributed by atoms with Gasteiger partial charge in [0.05, 0.1) is 9.90 Å². The number of benzene rings is 2. The first-order chi connectivity index (χ1) is 9.65. The van der Waals surface area contributed by atoms with Crippen LogP contribution in [0.1, 0.15) is 4.88 Å². The monoisotopic (exact) mass is 365 g/mol. The Morgan fingerprint density at radius 3 is 2.80 bits per heavy atom. The van der Waals surface area contributed by atoms with Crippen molar-refractivity contribution in [2.45, 2.75) is 0 Å². The number of halogens is 2. The van der Waals surface area contributed by atoms with Crippen molar-refractivity contribution >= 4 is 60.9 Å². The molecule has 0 unspecified atom stereocenters. The topological polar surface area (TPSA) is 32.6 Å². The lowest BCUT2D eigenvalue weighted by Gasteiger charge is -1.98. The van der Waals surface area contributed by atoms with Gasteiger partial charge in [-0.25, -0.2) is 0 Å². The number of phenols is 1. The molecule has 0 amide bonds. The van der Waals surface area contributed by atoms with Crippen LogP contribution < -0.4 is 0 Å². The van der Waals surface area contributed by atoms with Crippen molar-refractivity contribution in [1.29, 1.82) is 0 Å². The normalized spacial score (nSPS) is 11.5. The lowest BCUT2D eigenvalue weighted by molar-refractivity contribution is 0.477. The van der Waals surface area contributed by atoms with Crippen LogP contribution in [0.2, 0.25) is 5.02 Å². The Balaban J connectivity index is 2.02. The van der Waals surface area contributed by atoms with Gasteiger partial charge in [-0.15, -0.1) is 11.3 Å². The second-order valence-electron chi connectivity index (χ2n) is 4.17. The molecule has 0 aliphatic heterocycles. The zero-order chi connectivity index (χ0) is 14.1. The quantitative estimate of drug-likeness (QED) is 0.573. The summed E-state index contributed by atoms with van der Waals surface area (Å²) >= 11 is 11.3. The average Bonchev–Trinajstić information content (AvgIpc) is 2.77. The Kier molecular flexibility index (Phi) is 3.78. The number of nitrogens with zero attached hydrogens (tertiary/aromatic N) is 1. The molecule has 3 aromatic rings. The van der Waals surface area contributed by atoms with Crippen molar-refractivity contribution in [3.8, 4) is 5.75 Å². The summed E-state index contributed by atoms with van der Waals surface area (Å²) in [4.78, 5) is 5.20. The molecule has 2 aromatic carbocycles. The number of hydrogen-bond donors (Lipinski definition) is 1. The molecule has 0 atom stereocenters. The van der Waals surface area contributed by atoms with Crippen molar-refractivity contribution < 1.29 is 5.11 Å². The average molecular weight is 367 g/mol. The molecule has 0 fully saturated rings. The highest BCUT2D eigenvalue weighted by Crippen LogP contribution is 2.35. The summed E-state index contributed by atoms with van der Waals surface area (Å²) in [5.74, 6) is 0.140. The van der Waals surface area contributed by atoms with Gasteiger partial charge >= 0.3 is 0 Å². The Labute approximate surface area is 133 Å². The van der Waals surface area contributed by atoms with Crippen LogP contribution in [0.3, 0.4) is 0 Å². The van der Waals surface area contributed by atoms with Gasteiger partial charge in [-0.2, -0.15) is 0 Å².